The predicted molar refractivity (Wildman–Crippen MR) is 138 cm³/mol. The minimum Gasteiger partial charge on any atom is -0.458 e. The van der Waals surface area contributed by atoms with Crippen LogP contribution < -0.4 is 0 Å². The summed E-state index contributed by atoms with van der Waals surface area (Å²) in [4.78, 5) is 12.6. The number of esters is 1. The van der Waals surface area contributed by atoms with Crippen LogP contribution in [0.1, 0.15) is 88.9 Å². The SMILES string of the molecule is C#CCCC(C)C1CCC2C3=CC=C4CC(OC(=O)c5ccccc5)CCC4(C)C3CCC21C. The third-order valence-corrected chi connectivity index (χ3v) is 10.3. The Labute approximate surface area is 206 Å². The second-order valence-electron chi connectivity index (χ2n) is 12.0. The number of rotatable bonds is 5. The average molecular weight is 457 g/mol. The highest BCUT2D eigenvalue weighted by Gasteiger charge is 2.57. The summed E-state index contributed by atoms with van der Waals surface area (Å²) in [5.41, 5.74) is 4.51. The minimum atomic E-state index is -0.189. The van der Waals surface area contributed by atoms with Crippen LogP contribution in [-0.4, -0.2) is 12.1 Å². The molecule has 3 fully saturated rings. The molecular weight excluding hydrogens is 416 g/mol. The minimum absolute atomic E-state index is 0.0105. The van der Waals surface area contributed by atoms with Crippen LogP contribution in [-0.2, 0) is 4.74 Å². The van der Waals surface area contributed by atoms with Gasteiger partial charge in [0, 0.05) is 12.8 Å². The van der Waals surface area contributed by atoms with Crippen molar-refractivity contribution in [2.45, 2.75) is 84.7 Å². The summed E-state index contributed by atoms with van der Waals surface area (Å²) < 4.78 is 5.95. The summed E-state index contributed by atoms with van der Waals surface area (Å²) in [7, 11) is 0. The Morgan fingerprint density at radius 2 is 1.88 bits per heavy atom. The molecule has 4 aliphatic rings. The molecule has 1 aromatic carbocycles. The van der Waals surface area contributed by atoms with E-state index in [9.17, 15) is 4.79 Å². The molecule has 0 N–H and O–H groups in total. The van der Waals surface area contributed by atoms with Crippen molar-refractivity contribution in [3.05, 3.63) is 59.2 Å². The van der Waals surface area contributed by atoms with E-state index in [1.165, 1.54) is 31.3 Å². The maximum absolute atomic E-state index is 12.6. The van der Waals surface area contributed by atoms with Gasteiger partial charge in [0.2, 0.25) is 0 Å². The van der Waals surface area contributed by atoms with Gasteiger partial charge in [-0.05, 0) is 91.6 Å². The maximum Gasteiger partial charge on any atom is 0.338 e. The molecule has 2 nitrogen and oxygen atoms in total. The molecule has 0 radical (unpaired) electrons. The van der Waals surface area contributed by atoms with E-state index in [0.29, 0.717) is 28.7 Å². The lowest BCUT2D eigenvalue weighted by Gasteiger charge is -2.55. The summed E-state index contributed by atoms with van der Waals surface area (Å²) in [6, 6.07) is 9.39. The van der Waals surface area contributed by atoms with Gasteiger partial charge in [0.15, 0.2) is 0 Å². The van der Waals surface area contributed by atoms with Crippen molar-refractivity contribution in [3.63, 3.8) is 0 Å². The number of allylic oxidation sites excluding steroid dienone is 3. The van der Waals surface area contributed by atoms with Gasteiger partial charge < -0.3 is 4.74 Å². The van der Waals surface area contributed by atoms with E-state index in [1.54, 1.807) is 5.57 Å². The highest BCUT2D eigenvalue weighted by atomic mass is 16.5. The fraction of sp³-hybridized carbons (Fsp3) is 0.594. The largest absolute Gasteiger partial charge is 0.458 e. The van der Waals surface area contributed by atoms with Gasteiger partial charge in [-0.15, -0.1) is 12.3 Å². The van der Waals surface area contributed by atoms with Crippen molar-refractivity contribution < 1.29 is 9.53 Å². The normalized spacial score (nSPS) is 37.2. The summed E-state index contributed by atoms with van der Waals surface area (Å²) in [5.74, 6) is 5.54. The average Bonchev–Trinajstić information content (AvgIpc) is 3.20. The quantitative estimate of drug-likeness (QED) is 0.334. The molecule has 5 rings (SSSR count). The van der Waals surface area contributed by atoms with E-state index < -0.39 is 0 Å². The van der Waals surface area contributed by atoms with Crippen LogP contribution in [0.2, 0.25) is 0 Å². The van der Waals surface area contributed by atoms with Crippen molar-refractivity contribution in [1.82, 2.24) is 0 Å². The summed E-state index contributed by atoms with van der Waals surface area (Å²) in [6.07, 6.45) is 20.8. The van der Waals surface area contributed by atoms with Crippen molar-refractivity contribution in [2.75, 3.05) is 0 Å². The first-order valence-corrected chi connectivity index (χ1v) is 13.5. The molecule has 0 spiro atoms. The zero-order valence-electron chi connectivity index (χ0n) is 21.2. The zero-order chi connectivity index (χ0) is 23.9. The molecule has 0 bridgehead atoms. The topological polar surface area (TPSA) is 26.3 Å². The molecule has 34 heavy (non-hydrogen) atoms. The smallest absolute Gasteiger partial charge is 0.338 e. The number of carbonyl (C=O) groups is 1. The number of hydrogen-bond acceptors (Lipinski definition) is 2. The molecule has 7 unspecified atom stereocenters. The molecule has 180 valence electrons. The molecule has 0 saturated heterocycles. The molecule has 3 saturated carbocycles. The first kappa shape index (κ1) is 23.5. The first-order chi connectivity index (χ1) is 16.4. The van der Waals surface area contributed by atoms with Gasteiger partial charge in [-0.25, -0.2) is 4.79 Å². The van der Waals surface area contributed by atoms with E-state index in [4.69, 9.17) is 11.2 Å². The van der Waals surface area contributed by atoms with Crippen molar-refractivity contribution in [1.29, 1.82) is 0 Å². The van der Waals surface area contributed by atoms with E-state index in [-0.39, 0.29) is 17.5 Å². The molecule has 4 aliphatic carbocycles. The summed E-state index contributed by atoms with van der Waals surface area (Å²) in [6.45, 7) is 7.52. The number of fused-ring (bicyclic) bond motifs is 5. The van der Waals surface area contributed by atoms with E-state index in [0.717, 1.165) is 38.0 Å². The van der Waals surface area contributed by atoms with Crippen LogP contribution in [0.4, 0.5) is 0 Å². The van der Waals surface area contributed by atoms with Gasteiger partial charge >= 0.3 is 5.97 Å². The van der Waals surface area contributed by atoms with Crippen LogP contribution in [0.25, 0.3) is 0 Å². The number of terminal acetylenes is 1. The zero-order valence-corrected chi connectivity index (χ0v) is 21.2. The molecule has 1 aromatic rings. The van der Waals surface area contributed by atoms with Gasteiger partial charge in [0.25, 0.3) is 0 Å². The Balaban J connectivity index is 1.33. The molecule has 7 atom stereocenters. The standard InChI is InChI=1S/C32H40O2/c1-5-6-10-22(2)27-15-16-28-26-14-13-24-21-25(34-30(33)23-11-8-7-9-12-23)17-19-31(24,3)29(26)18-20-32(27,28)4/h1,7-9,11-14,22,25,27-29H,6,10,15-21H2,2-4H3. The Morgan fingerprint density at radius 3 is 2.65 bits per heavy atom. The number of carbonyl (C=O) groups excluding carboxylic acids is 1. The van der Waals surface area contributed by atoms with Gasteiger partial charge in [0.05, 0.1) is 5.56 Å². The fourth-order valence-corrected chi connectivity index (χ4v) is 8.35. The Bertz CT molecular complexity index is 1030. The lowest BCUT2D eigenvalue weighted by atomic mass is 9.50. The number of ether oxygens (including phenoxy) is 1. The first-order valence-electron chi connectivity index (χ1n) is 13.5. The highest BCUT2D eigenvalue weighted by molar-refractivity contribution is 5.89. The maximum atomic E-state index is 12.6. The van der Waals surface area contributed by atoms with Gasteiger partial charge in [0.1, 0.15) is 6.10 Å². The lowest BCUT2D eigenvalue weighted by Crippen LogP contribution is -2.46. The molecule has 0 aromatic heterocycles. The Hall–Kier alpha value is -2.27. The van der Waals surface area contributed by atoms with E-state index in [2.05, 4.69) is 38.8 Å². The van der Waals surface area contributed by atoms with E-state index >= 15 is 0 Å². The molecule has 0 amide bonds. The second-order valence-corrected chi connectivity index (χ2v) is 12.0. The van der Waals surface area contributed by atoms with Crippen LogP contribution in [0.5, 0.6) is 0 Å². The van der Waals surface area contributed by atoms with Crippen LogP contribution >= 0.6 is 0 Å². The van der Waals surface area contributed by atoms with Crippen LogP contribution in [0.3, 0.4) is 0 Å². The fourth-order valence-electron chi connectivity index (χ4n) is 8.35. The van der Waals surface area contributed by atoms with Crippen molar-refractivity contribution in [3.8, 4) is 12.3 Å². The highest BCUT2D eigenvalue weighted by Crippen LogP contribution is 2.66. The molecular formula is C32H40O2. The Morgan fingerprint density at radius 1 is 1.09 bits per heavy atom. The number of hydrogen-bond donors (Lipinski definition) is 0. The summed E-state index contributed by atoms with van der Waals surface area (Å²) >= 11 is 0. The third-order valence-electron chi connectivity index (χ3n) is 10.3. The van der Waals surface area contributed by atoms with Crippen LogP contribution in [0.15, 0.2) is 53.6 Å². The third kappa shape index (κ3) is 3.86. The van der Waals surface area contributed by atoms with E-state index in [1.807, 2.05) is 30.3 Å². The van der Waals surface area contributed by atoms with Crippen molar-refractivity contribution >= 4 is 5.97 Å². The van der Waals surface area contributed by atoms with Gasteiger partial charge in [-0.1, -0.05) is 62.3 Å². The predicted octanol–water partition coefficient (Wildman–Crippen LogP) is 7.76. The lowest BCUT2D eigenvalue weighted by molar-refractivity contribution is 0.00584. The van der Waals surface area contributed by atoms with Crippen LogP contribution in [0, 0.1) is 46.8 Å². The summed E-state index contributed by atoms with van der Waals surface area (Å²) in [5, 5.41) is 0. The Kier molecular flexibility index (Phi) is 6.26. The second kappa shape index (κ2) is 9.07. The van der Waals surface area contributed by atoms with Gasteiger partial charge in [-0.2, -0.15) is 0 Å². The van der Waals surface area contributed by atoms with Gasteiger partial charge in [-0.3, -0.25) is 0 Å². The van der Waals surface area contributed by atoms with Crippen molar-refractivity contribution in [2.24, 2.45) is 34.5 Å². The monoisotopic (exact) mass is 456 g/mol. The molecule has 0 aliphatic heterocycles. The molecule has 0 heterocycles. The number of benzene rings is 1. The molecule has 2 heteroatoms.